The zero-order chi connectivity index (χ0) is 17.5. The van der Waals surface area contributed by atoms with Crippen molar-refractivity contribution in [2.45, 2.75) is 32.1 Å². The summed E-state index contributed by atoms with van der Waals surface area (Å²) < 4.78 is 0. The van der Waals surface area contributed by atoms with Crippen LogP contribution in [-0.2, 0) is 9.59 Å². The number of carbonyl (C=O) groups excluding carboxylic acids is 2. The van der Waals surface area contributed by atoms with E-state index in [1.54, 1.807) is 0 Å². The van der Waals surface area contributed by atoms with E-state index >= 15 is 0 Å². The summed E-state index contributed by atoms with van der Waals surface area (Å²) in [6, 6.07) is 10.3. The van der Waals surface area contributed by atoms with E-state index in [0.717, 1.165) is 51.0 Å². The van der Waals surface area contributed by atoms with Gasteiger partial charge in [0.2, 0.25) is 11.8 Å². The molecule has 0 aromatic heterocycles. The largest absolute Gasteiger partial charge is 0.368 e. The summed E-state index contributed by atoms with van der Waals surface area (Å²) in [6.45, 7) is 3.87. The van der Waals surface area contributed by atoms with Crippen molar-refractivity contribution in [1.82, 2.24) is 10.2 Å². The van der Waals surface area contributed by atoms with Gasteiger partial charge in [-0.25, -0.2) is 0 Å². The highest BCUT2D eigenvalue weighted by molar-refractivity contribution is 5.93. The molecule has 0 spiro atoms. The minimum Gasteiger partial charge on any atom is -0.368 e. The molecular formula is C20H27N3O2. The van der Waals surface area contributed by atoms with Crippen molar-refractivity contribution in [3.05, 3.63) is 42.0 Å². The second kappa shape index (κ2) is 8.70. The fourth-order valence-corrected chi connectivity index (χ4v) is 3.44. The van der Waals surface area contributed by atoms with E-state index in [0.29, 0.717) is 19.4 Å². The van der Waals surface area contributed by atoms with Crippen LogP contribution >= 0.6 is 0 Å². The lowest BCUT2D eigenvalue weighted by Crippen LogP contribution is -2.48. The van der Waals surface area contributed by atoms with Crippen molar-refractivity contribution in [2.24, 2.45) is 0 Å². The molecule has 1 aliphatic carbocycles. The maximum absolute atomic E-state index is 12.3. The number of anilines is 1. The third-order valence-corrected chi connectivity index (χ3v) is 4.94. The molecule has 1 heterocycles. The molecule has 134 valence electrons. The van der Waals surface area contributed by atoms with E-state index in [9.17, 15) is 9.59 Å². The monoisotopic (exact) mass is 341 g/mol. The predicted molar refractivity (Wildman–Crippen MR) is 99.4 cm³/mol. The first kappa shape index (κ1) is 17.5. The molecule has 3 rings (SSSR count). The summed E-state index contributed by atoms with van der Waals surface area (Å²) >= 11 is 0. The summed E-state index contributed by atoms with van der Waals surface area (Å²) in [7, 11) is 0. The van der Waals surface area contributed by atoms with E-state index in [4.69, 9.17) is 0 Å². The van der Waals surface area contributed by atoms with Crippen LogP contribution in [0.1, 0.15) is 32.1 Å². The van der Waals surface area contributed by atoms with Crippen LogP contribution in [0.25, 0.3) is 0 Å². The van der Waals surface area contributed by atoms with Crippen molar-refractivity contribution >= 4 is 17.5 Å². The average Bonchev–Trinajstić information content (AvgIpc) is 3.21. The maximum atomic E-state index is 12.3. The Morgan fingerprint density at radius 3 is 2.48 bits per heavy atom. The van der Waals surface area contributed by atoms with Crippen molar-refractivity contribution < 1.29 is 9.59 Å². The van der Waals surface area contributed by atoms with Gasteiger partial charge in [-0.05, 0) is 37.8 Å². The first-order valence-corrected chi connectivity index (χ1v) is 9.29. The molecule has 1 aromatic carbocycles. The summed E-state index contributed by atoms with van der Waals surface area (Å²) in [6.07, 6.45) is 6.21. The molecule has 1 aliphatic heterocycles. The molecule has 1 saturated heterocycles. The number of nitrogens with one attached hydrogen (secondary N) is 1. The summed E-state index contributed by atoms with van der Waals surface area (Å²) in [5.41, 5.74) is 2.13. The molecule has 0 saturated carbocycles. The summed E-state index contributed by atoms with van der Waals surface area (Å²) in [4.78, 5) is 28.5. The zero-order valence-corrected chi connectivity index (χ0v) is 14.7. The van der Waals surface area contributed by atoms with Crippen LogP contribution < -0.4 is 10.2 Å². The number of carbonyl (C=O) groups is 2. The van der Waals surface area contributed by atoms with Crippen molar-refractivity contribution in [3.8, 4) is 0 Å². The first-order chi connectivity index (χ1) is 12.2. The number of para-hydroxylation sites is 1. The normalized spacial score (nSPS) is 17.4. The summed E-state index contributed by atoms with van der Waals surface area (Å²) in [5.74, 6) is 0.239. The lowest BCUT2D eigenvalue weighted by Gasteiger charge is -2.36. The fraction of sp³-hybridized carbons (Fsp3) is 0.500. The van der Waals surface area contributed by atoms with Crippen LogP contribution in [0.4, 0.5) is 5.69 Å². The van der Waals surface area contributed by atoms with Crippen LogP contribution in [-0.4, -0.2) is 49.4 Å². The van der Waals surface area contributed by atoms with Gasteiger partial charge in [-0.15, -0.1) is 0 Å². The Bertz CT molecular complexity index is 619. The number of benzene rings is 1. The number of allylic oxidation sites excluding steroid dienone is 1. The van der Waals surface area contributed by atoms with Crippen LogP contribution in [0.15, 0.2) is 42.0 Å². The van der Waals surface area contributed by atoms with Gasteiger partial charge in [-0.2, -0.15) is 0 Å². The zero-order valence-electron chi connectivity index (χ0n) is 14.7. The lowest BCUT2D eigenvalue weighted by atomic mass is 10.2. The van der Waals surface area contributed by atoms with Gasteiger partial charge >= 0.3 is 0 Å². The number of hydrogen-bond donors (Lipinski definition) is 1. The Kier molecular flexibility index (Phi) is 6.09. The standard InChI is InChI=1S/C20H27N3O2/c24-19(11-6-12-21-20(25)17-7-4-5-8-17)23-15-13-22(14-16-23)18-9-2-1-3-10-18/h1-3,7,9-10H,4-6,8,11-16H2,(H,21,25). The molecule has 1 aromatic rings. The Balaban J connectivity index is 1.33. The van der Waals surface area contributed by atoms with Crippen LogP contribution in [0, 0.1) is 0 Å². The third-order valence-electron chi connectivity index (χ3n) is 4.94. The summed E-state index contributed by atoms with van der Waals surface area (Å²) in [5, 5.41) is 2.93. The highest BCUT2D eigenvalue weighted by Crippen LogP contribution is 2.17. The molecule has 2 aliphatic rings. The van der Waals surface area contributed by atoms with Gasteiger partial charge in [-0.3, -0.25) is 9.59 Å². The Morgan fingerprint density at radius 2 is 1.80 bits per heavy atom. The molecular weight excluding hydrogens is 314 g/mol. The van der Waals surface area contributed by atoms with Crippen LogP contribution in [0.3, 0.4) is 0 Å². The molecule has 1 fully saturated rings. The highest BCUT2D eigenvalue weighted by Gasteiger charge is 2.21. The van der Waals surface area contributed by atoms with E-state index in [2.05, 4.69) is 22.3 Å². The smallest absolute Gasteiger partial charge is 0.246 e. The quantitative estimate of drug-likeness (QED) is 0.808. The number of amides is 2. The van der Waals surface area contributed by atoms with E-state index in [-0.39, 0.29) is 11.8 Å². The topological polar surface area (TPSA) is 52.7 Å². The minimum absolute atomic E-state index is 0.0430. The van der Waals surface area contributed by atoms with Gasteiger partial charge in [0.1, 0.15) is 0 Å². The molecule has 25 heavy (non-hydrogen) atoms. The molecule has 2 amide bonds. The van der Waals surface area contributed by atoms with E-state index in [1.165, 1.54) is 5.69 Å². The van der Waals surface area contributed by atoms with Gasteiger partial charge in [0, 0.05) is 50.4 Å². The Labute approximate surface area is 149 Å². The van der Waals surface area contributed by atoms with Gasteiger partial charge < -0.3 is 15.1 Å². The highest BCUT2D eigenvalue weighted by atomic mass is 16.2. The molecule has 0 atom stereocenters. The lowest BCUT2D eigenvalue weighted by molar-refractivity contribution is -0.131. The average molecular weight is 341 g/mol. The molecule has 1 N–H and O–H groups in total. The predicted octanol–water partition coefficient (Wildman–Crippen LogP) is 2.34. The first-order valence-electron chi connectivity index (χ1n) is 9.29. The van der Waals surface area contributed by atoms with Gasteiger partial charge in [0.15, 0.2) is 0 Å². The van der Waals surface area contributed by atoms with Crippen LogP contribution in [0.5, 0.6) is 0 Å². The number of hydrogen-bond acceptors (Lipinski definition) is 3. The number of piperazine rings is 1. The second-order valence-electron chi connectivity index (χ2n) is 6.68. The van der Waals surface area contributed by atoms with Crippen molar-refractivity contribution in [2.75, 3.05) is 37.6 Å². The third kappa shape index (κ3) is 4.84. The van der Waals surface area contributed by atoms with Gasteiger partial charge in [0.25, 0.3) is 0 Å². The van der Waals surface area contributed by atoms with Gasteiger partial charge in [0.05, 0.1) is 0 Å². The van der Waals surface area contributed by atoms with Gasteiger partial charge in [-0.1, -0.05) is 24.3 Å². The Hall–Kier alpha value is -2.30. The van der Waals surface area contributed by atoms with E-state index in [1.807, 2.05) is 29.2 Å². The van der Waals surface area contributed by atoms with Crippen molar-refractivity contribution in [1.29, 1.82) is 0 Å². The SMILES string of the molecule is O=C(NCCCC(=O)N1CCN(c2ccccc2)CC1)C1=CCCC1. The second-order valence-corrected chi connectivity index (χ2v) is 6.68. The minimum atomic E-state index is 0.0430. The Morgan fingerprint density at radius 1 is 1.04 bits per heavy atom. The fourth-order valence-electron chi connectivity index (χ4n) is 3.44. The molecule has 0 unspecified atom stereocenters. The molecule has 0 radical (unpaired) electrons. The number of rotatable bonds is 6. The molecule has 5 heteroatoms. The van der Waals surface area contributed by atoms with E-state index < -0.39 is 0 Å². The molecule has 0 bridgehead atoms. The van der Waals surface area contributed by atoms with Crippen molar-refractivity contribution in [3.63, 3.8) is 0 Å². The molecule has 5 nitrogen and oxygen atoms in total. The number of nitrogens with zero attached hydrogens (tertiary/aromatic N) is 2. The maximum Gasteiger partial charge on any atom is 0.246 e. The van der Waals surface area contributed by atoms with Crippen LogP contribution in [0.2, 0.25) is 0 Å².